The summed E-state index contributed by atoms with van der Waals surface area (Å²) in [5.41, 5.74) is 1.89. The summed E-state index contributed by atoms with van der Waals surface area (Å²) in [5.74, 6) is 1.21. The molecule has 27 heavy (non-hydrogen) atoms. The number of nitrogens with one attached hydrogen (secondary N) is 2. The zero-order valence-electron chi connectivity index (χ0n) is 16.7. The van der Waals surface area contributed by atoms with Crippen LogP contribution in [0.3, 0.4) is 0 Å². The zero-order chi connectivity index (χ0) is 19.6. The molecule has 1 fully saturated rings. The van der Waals surface area contributed by atoms with Crippen molar-refractivity contribution < 1.29 is 9.59 Å². The Bertz CT molecular complexity index is 770. The van der Waals surface area contributed by atoms with Crippen LogP contribution in [0.5, 0.6) is 0 Å². The van der Waals surface area contributed by atoms with Crippen LogP contribution in [0, 0.1) is 17.8 Å². The minimum Gasteiger partial charge on any atom is -0.346 e. The number of fused-ring (bicyclic) bond motifs is 1. The van der Waals surface area contributed by atoms with Gasteiger partial charge in [0.15, 0.2) is 0 Å². The molecular weight excluding hydrogens is 340 g/mol. The van der Waals surface area contributed by atoms with E-state index in [2.05, 4.69) is 29.1 Å². The number of aromatic amines is 1. The fraction of sp³-hybridized carbons (Fsp3) is 0.571. The van der Waals surface area contributed by atoms with Gasteiger partial charge in [0.05, 0.1) is 17.1 Å². The number of para-hydroxylation sites is 2. The second kappa shape index (κ2) is 8.11. The number of imidazole rings is 1. The molecule has 0 spiro atoms. The lowest BCUT2D eigenvalue weighted by atomic mass is 9.94. The number of nitrogens with zero attached hydrogens (tertiary/aromatic N) is 2. The van der Waals surface area contributed by atoms with Crippen LogP contribution in [0.2, 0.25) is 0 Å². The zero-order valence-corrected chi connectivity index (χ0v) is 16.7. The molecule has 0 aliphatic carbocycles. The number of hydrogen-bond donors (Lipinski definition) is 2. The van der Waals surface area contributed by atoms with Crippen LogP contribution < -0.4 is 5.32 Å². The van der Waals surface area contributed by atoms with Crippen molar-refractivity contribution in [2.24, 2.45) is 17.8 Å². The van der Waals surface area contributed by atoms with Crippen LogP contribution in [0.25, 0.3) is 11.0 Å². The molecule has 6 nitrogen and oxygen atoms in total. The van der Waals surface area contributed by atoms with E-state index in [9.17, 15) is 9.59 Å². The summed E-state index contributed by atoms with van der Waals surface area (Å²) in [6, 6.07) is 7.74. The maximum absolute atomic E-state index is 12.9. The molecule has 1 aromatic heterocycles. The molecule has 1 aliphatic rings. The van der Waals surface area contributed by atoms with Gasteiger partial charge in [-0.3, -0.25) is 9.59 Å². The third-order valence-corrected chi connectivity index (χ3v) is 5.34. The number of H-pyrrole nitrogens is 1. The van der Waals surface area contributed by atoms with Crippen molar-refractivity contribution in [1.29, 1.82) is 0 Å². The topological polar surface area (TPSA) is 78.1 Å². The predicted molar refractivity (Wildman–Crippen MR) is 106 cm³/mol. The van der Waals surface area contributed by atoms with Gasteiger partial charge < -0.3 is 15.2 Å². The molecule has 0 saturated carbocycles. The van der Waals surface area contributed by atoms with Crippen molar-refractivity contribution >= 4 is 22.8 Å². The van der Waals surface area contributed by atoms with Crippen molar-refractivity contribution in [2.75, 3.05) is 13.1 Å². The maximum atomic E-state index is 12.9. The third kappa shape index (κ3) is 4.31. The van der Waals surface area contributed by atoms with Crippen LogP contribution in [0.1, 0.15) is 52.4 Å². The number of rotatable bonds is 5. The molecule has 6 heteroatoms. The van der Waals surface area contributed by atoms with Crippen LogP contribution in [0.15, 0.2) is 24.3 Å². The van der Waals surface area contributed by atoms with Gasteiger partial charge in [-0.25, -0.2) is 4.98 Å². The van der Waals surface area contributed by atoms with Crippen LogP contribution in [0.4, 0.5) is 0 Å². The summed E-state index contributed by atoms with van der Waals surface area (Å²) in [6.45, 7) is 9.33. The molecule has 2 amide bonds. The van der Waals surface area contributed by atoms with E-state index in [1.807, 2.05) is 43.0 Å². The van der Waals surface area contributed by atoms with E-state index in [1.165, 1.54) is 0 Å². The highest BCUT2D eigenvalue weighted by Gasteiger charge is 2.30. The second-order valence-corrected chi connectivity index (χ2v) is 8.12. The number of aromatic nitrogens is 2. The molecule has 1 saturated heterocycles. The Balaban J connectivity index is 1.65. The van der Waals surface area contributed by atoms with E-state index in [4.69, 9.17) is 0 Å². The van der Waals surface area contributed by atoms with E-state index in [1.54, 1.807) is 0 Å². The Kier molecular flexibility index (Phi) is 5.82. The summed E-state index contributed by atoms with van der Waals surface area (Å²) < 4.78 is 0. The quantitative estimate of drug-likeness (QED) is 0.848. The summed E-state index contributed by atoms with van der Waals surface area (Å²) in [7, 11) is 0. The van der Waals surface area contributed by atoms with Crippen molar-refractivity contribution in [2.45, 2.75) is 46.6 Å². The summed E-state index contributed by atoms with van der Waals surface area (Å²) in [4.78, 5) is 34.9. The summed E-state index contributed by atoms with van der Waals surface area (Å²) >= 11 is 0. The van der Waals surface area contributed by atoms with E-state index in [0.717, 1.165) is 29.7 Å². The van der Waals surface area contributed by atoms with Gasteiger partial charge >= 0.3 is 0 Å². The Morgan fingerprint density at radius 1 is 1.15 bits per heavy atom. The Labute approximate surface area is 160 Å². The smallest absolute Gasteiger partial charge is 0.225 e. The normalized spacial score (nSPS) is 16.9. The molecule has 2 aromatic rings. The average Bonchev–Trinajstić information content (AvgIpc) is 3.08. The SMILES string of the molecule is CC(C)C(=O)N1CCC(C(=O)NC(c2nc3ccccc3[nH]2)C(C)C)CC1. The standard InChI is InChI=1S/C21H30N4O2/c1-13(2)18(19-22-16-7-5-6-8-17(16)23-19)24-20(26)15-9-11-25(12-10-15)21(27)14(3)4/h5-8,13-15,18H,9-12H2,1-4H3,(H,22,23)(H,24,26). The maximum Gasteiger partial charge on any atom is 0.225 e. The highest BCUT2D eigenvalue weighted by atomic mass is 16.2. The second-order valence-electron chi connectivity index (χ2n) is 8.12. The van der Waals surface area contributed by atoms with E-state index in [-0.39, 0.29) is 35.6 Å². The van der Waals surface area contributed by atoms with Gasteiger partial charge in [-0.15, -0.1) is 0 Å². The highest BCUT2D eigenvalue weighted by molar-refractivity contribution is 5.81. The number of hydrogen-bond acceptors (Lipinski definition) is 3. The number of carbonyl (C=O) groups is 2. The highest BCUT2D eigenvalue weighted by Crippen LogP contribution is 2.25. The van der Waals surface area contributed by atoms with Gasteiger partial charge in [-0.05, 0) is 30.9 Å². The fourth-order valence-corrected chi connectivity index (χ4v) is 3.67. The monoisotopic (exact) mass is 370 g/mol. The first-order chi connectivity index (χ1) is 12.9. The van der Waals surface area contributed by atoms with Gasteiger partial charge in [0, 0.05) is 24.9 Å². The Morgan fingerprint density at radius 3 is 2.41 bits per heavy atom. The van der Waals surface area contributed by atoms with Crippen LogP contribution in [-0.4, -0.2) is 39.8 Å². The molecule has 2 heterocycles. The van der Waals surface area contributed by atoms with E-state index >= 15 is 0 Å². The van der Waals surface area contributed by atoms with Crippen molar-refractivity contribution in [3.05, 3.63) is 30.1 Å². The van der Waals surface area contributed by atoms with Gasteiger partial charge in [0.1, 0.15) is 5.82 Å². The van der Waals surface area contributed by atoms with E-state index in [0.29, 0.717) is 13.1 Å². The largest absolute Gasteiger partial charge is 0.346 e. The third-order valence-electron chi connectivity index (χ3n) is 5.34. The minimum absolute atomic E-state index is 0.00813. The van der Waals surface area contributed by atoms with Crippen LogP contribution in [-0.2, 0) is 9.59 Å². The average molecular weight is 370 g/mol. The number of likely N-dealkylation sites (tertiary alicyclic amines) is 1. The molecule has 0 radical (unpaired) electrons. The lowest BCUT2D eigenvalue weighted by molar-refractivity contribution is -0.138. The molecule has 1 aliphatic heterocycles. The number of carbonyl (C=O) groups excluding carboxylic acids is 2. The van der Waals surface area contributed by atoms with Crippen LogP contribution >= 0.6 is 0 Å². The Hall–Kier alpha value is -2.37. The lowest BCUT2D eigenvalue weighted by Gasteiger charge is -2.33. The molecule has 1 aromatic carbocycles. The van der Waals surface area contributed by atoms with Gasteiger partial charge in [-0.1, -0.05) is 39.8 Å². The van der Waals surface area contributed by atoms with Crippen molar-refractivity contribution in [3.63, 3.8) is 0 Å². The first kappa shape index (κ1) is 19.4. The molecule has 3 rings (SSSR count). The van der Waals surface area contributed by atoms with Gasteiger partial charge in [0.2, 0.25) is 11.8 Å². The Morgan fingerprint density at radius 2 is 1.81 bits per heavy atom. The number of benzene rings is 1. The minimum atomic E-state index is -0.153. The first-order valence-corrected chi connectivity index (χ1v) is 9.90. The molecular formula is C21H30N4O2. The lowest BCUT2D eigenvalue weighted by Crippen LogP contribution is -2.45. The molecule has 1 unspecified atom stereocenters. The predicted octanol–water partition coefficient (Wildman–Crippen LogP) is 3.27. The van der Waals surface area contributed by atoms with E-state index < -0.39 is 0 Å². The molecule has 0 bridgehead atoms. The number of amides is 2. The first-order valence-electron chi connectivity index (χ1n) is 9.90. The summed E-state index contributed by atoms with van der Waals surface area (Å²) in [6.07, 6.45) is 1.43. The fourth-order valence-electron chi connectivity index (χ4n) is 3.67. The molecule has 1 atom stereocenters. The van der Waals surface area contributed by atoms with Crippen molar-refractivity contribution in [1.82, 2.24) is 20.2 Å². The van der Waals surface area contributed by atoms with Gasteiger partial charge in [0.25, 0.3) is 0 Å². The number of piperidine rings is 1. The van der Waals surface area contributed by atoms with Crippen molar-refractivity contribution in [3.8, 4) is 0 Å². The molecule has 146 valence electrons. The summed E-state index contributed by atoms with van der Waals surface area (Å²) in [5, 5.41) is 3.19. The van der Waals surface area contributed by atoms with Gasteiger partial charge in [-0.2, -0.15) is 0 Å². The molecule has 2 N–H and O–H groups in total.